The molecule has 0 bridgehead atoms. The fraction of sp³-hybridized carbons (Fsp3) is 0.182. The summed E-state index contributed by atoms with van der Waals surface area (Å²) in [6, 6.07) is 41.8. The highest BCUT2D eigenvalue weighted by molar-refractivity contribution is 6.10. The maximum absolute atomic E-state index is 9.07. The Balaban J connectivity index is 1.06. The first-order chi connectivity index (χ1) is 37.8. The lowest BCUT2D eigenvalue weighted by molar-refractivity contribution is -0.571. The van der Waals surface area contributed by atoms with Crippen LogP contribution in [0.1, 0.15) is 91.3 Å². The third-order valence-electron chi connectivity index (χ3n) is 13.3. The van der Waals surface area contributed by atoms with Crippen LogP contribution in [-0.2, 0) is 16.2 Å². The van der Waals surface area contributed by atoms with Crippen LogP contribution in [0.4, 0.5) is 0 Å². The molecule has 0 aliphatic carbocycles. The second-order valence-corrected chi connectivity index (χ2v) is 21.3. The average molecular weight is 934 g/mol. The zero-order valence-corrected chi connectivity index (χ0v) is 41.6. The second-order valence-electron chi connectivity index (χ2n) is 21.3. The molecule has 71 heavy (non-hydrogen) atoms. The Hall–Kier alpha value is -8.02. The first-order valence-electron chi connectivity index (χ1n) is 28.5. The number of imidazole rings is 1. The zero-order valence-electron chi connectivity index (χ0n) is 50.6. The first-order valence-corrected chi connectivity index (χ1v) is 24.0. The van der Waals surface area contributed by atoms with E-state index in [1.54, 1.807) is 22.8 Å². The number of benzene rings is 8. The molecule has 0 spiro atoms. The van der Waals surface area contributed by atoms with Gasteiger partial charge in [0.25, 0.3) is 6.33 Å². The van der Waals surface area contributed by atoms with Gasteiger partial charge in [0, 0.05) is 23.0 Å². The summed E-state index contributed by atoms with van der Waals surface area (Å²) in [5.41, 5.74) is 10.7. The summed E-state index contributed by atoms with van der Waals surface area (Å²) in [6.45, 7) is 20.2. The van der Waals surface area contributed by atoms with Gasteiger partial charge in [-0.25, -0.2) is 4.98 Å². The fourth-order valence-electron chi connectivity index (χ4n) is 9.41. The molecule has 3 aromatic heterocycles. The van der Waals surface area contributed by atoms with E-state index in [1.807, 2.05) is 65.4 Å². The van der Waals surface area contributed by atoms with Crippen LogP contribution in [0.3, 0.4) is 0 Å². The van der Waals surface area contributed by atoms with E-state index >= 15 is 0 Å². The van der Waals surface area contributed by atoms with Crippen LogP contribution in [0.2, 0.25) is 0 Å². The molecule has 0 aliphatic heterocycles. The van der Waals surface area contributed by atoms with Gasteiger partial charge in [0.2, 0.25) is 0 Å². The summed E-state index contributed by atoms with van der Waals surface area (Å²) in [5, 5.41) is 2.13. The van der Waals surface area contributed by atoms with Gasteiger partial charge in [-0.05, 0) is 121 Å². The fourth-order valence-corrected chi connectivity index (χ4v) is 9.41. The molecule has 3 heterocycles. The van der Waals surface area contributed by atoms with E-state index < -0.39 is 42.3 Å². The smallest absolute Gasteiger partial charge is 0.269 e. The normalized spacial score (nSPS) is 14.1. The van der Waals surface area contributed by atoms with E-state index in [0.29, 0.717) is 39.5 Å². The summed E-state index contributed by atoms with van der Waals surface area (Å²) in [7, 11) is 0. The standard InChI is InChI=1S/C66H60N4O/c1-64(2,3)48-34-35-67-62(40-48)70-58-33-30-46(47-36-49(65(4,5)6)39-50(37-47)66(7,8)9)38-57(58)56-32-31-53(42-61(56)70)71-52-25-18-24-51(41-52)68-43-69(60-29-17-16-28-59(60)68)63-54(44-20-12-10-13-21-44)26-19-27-55(63)45-22-14-11-15-23-45/h10-42H,1-9H3/i10D,11D,12D,13D,14D,15D,20D,21D,22D. The van der Waals surface area contributed by atoms with Crippen molar-refractivity contribution in [3.8, 4) is 62.1 Å². The Bertz CT molecular complexity index is 4280. The van der Waals surface area contributed by atoms with Gasteiger partial charge in [-0.2, -0.15) is 0 Å². The van der Waals surface area contributed by atoms with Crippen LogP contribution >= 0.6 is 0 Å². The molecule has 0 unspecified atom stereocenters. The Morgan fingerprint density at radius 1 is 0.493 bits per heavy atom. The number of fused-ring (bicyclic) bond motifs is 4. The first kappa shape index (κ1) is 36.0. The van der Waals surface area contributed by atoms with Gasteiger partial charge < -0.3 is 4.74 Å². The van der Waals surface area contributed by atoms with Crippen LogP contribution in [0.5, 0.6) is 11.5 Å². The van der Waals surface area contributed by atoms with Gasteiger partial charge in [0.1, 0.15) is 17.3 Å². The maximum atomic E-state index is 9.07. The molecule has 11 aromatic rings. The van der Waals surface area contributed by atoms with Crippen molar-refractivity contribution >= 4 is 32.8 Å². The highest BCUT2D eigenvalue weighted by Gasteiger charge is 2.24. The molecular weight excluding hydrogens is 865 g/mol. The minimum Gasteiger partial charge on any atom is -0.458 e. The third-order valence-corrected chi connectivity index (χ3v) is 13.3. The van der Waals surface area contributed by atoms with Crippen molar-refractivity contribution in [2.75, 3.05) is 0 Å². The summed E-state index contributed by atoms with van der Waals surface area (Å²) in [5.74, 6) is 1.92. The molecule has 0 amide bonds. The Labute approximate surface area is 431 Å². The van der Waals surface area contributed by atoms with Gasteiger partial charge in [0.05, 0.1) is 45.8 Å². The monoisotopic (exact) mass is 934 g/mol. The Kier molecular flexibility index (Phi) is 8.84. The lowest BCUT2D eigenvalue weighted by Crippen LogP contribution is -2.31. The van der Waals surface area contributed by atoms with Gasteiger partial charge in [0.15, 0.2) is 0 Å². The molecule has 8 aromatic carbocycles. The summed E-state index contributed by atoms with van der Waals surface area (Å²) in [6.07, 6.45) is 5.39. The minimum absolute atomic E-state index is 0.0467. The number of hydrogen-bond donors (Lipinski definition) is 0. The van der Waals surface area contributed by atoms with E-state index in [4.69, 9.17) is 22.1 Å². The van der Waals surface area contributed by atoms with Gasteiger partial charge in [-0.3, -0.25) is 13.7 Å². The average Bonchev–Trinajstić information content (AvgIpc) is 3.97. The SMILES string of the molecule is [2H]c1cc(-c2cccc(-c3c([2H])c([2H])c([2H])c([2H])c3[2H])c2-[n+]2[c-]n(-c3cccc(Oc4ccc5c6cc(-c7cc(C(C)(C)C)cc(C(C)(C)C)c7)ccc6n(-c6cc(C(C)(C)C)ccn6)c5c4)c3)c3ccccc32)c([2H])c([2H])c1[2H]. The Morgan fingerprint density at radius 2 is 1.17 bits per heavy atom. The molecule has 350 valence electrons. The van der Waals surface area contributed by atoms with E-state index in [0.717, 1.165) is 38.8 Å². The van der Waals surface area contributed by atoms with Crippen molar-refractivity contribution in [3.05, 3.63) is 223 Å². The highest BCUT2D eigenvalue weighted by Crippen LogP contribution is 2.41. The lowest BCUT2D eigenvalue weighted by atomic mass is 9.79. The molecular formula is C66H60N4O. The lowest BCUT2D eigenvalue weighted by Gasteiger charge is -2.26. The molecule has 0 atom stereocenters. The van der Waals surface area contributed by atoms with Gasteiger partial charge in [-0.1, -0.05) is 196 Å². The van der Waals surface area contributed by atoms with Gasteiger partial charge >= 0.3 is 0 Å². The topological polar surface area (TPSA) is 35.9 Å². The number of rotatable bonds is 8. The van der Waals surface area contributed by atoms with Crippen LogP contribution in [0, 0.1) is 6.33 Å². The zero-order chi connectivity index (χ0) is 57.1. The number of nitrogens with zero attached hydrogens (tertiary/aromatic N) is 4. The van der Waals surface area contributed by atoms with Gasteiger partial charge in [-0.15, -0.1) is 0 Å². The molecule has 0 saturated carbocycles. The Morgan fingerprint density at radius 3 is 1.92 bits per heavy atom. The molecule has 0 N–H and O–H groups in total. The number of ether oxygens (including phenoxy) is 1. The number of para-hydroxylation sites is 3. The van der Waals surface area contributed by atoms with Crippen LogP contribution in [0.25, 0.3) is 83.4 Å². The molecule has 5 nitrogen and oxygen atoms in total. The summed E-state index contributed by atoms with van der Waals surface area (Å²) >= 11 is 0. The quantitative estimate of drug-likeness (QED) is 0.112. The maximum Gasteiger partial charge on any atom is 0.269 e. The van der Waals surface area contributed by atoms with Crippen molar-refractivity contribution in [2.45, 2.75) is 78.6 Å². The van der Waals surface area contributed by atoms with Crippen LogP contribution in [0.15, 0.2) is 200 Å². The number of aromatic nitrogens is 4. The molecule has 0 aliphatic rings. The molecule has 0 saturated heterocycles. The van der Waals surface area contributed by atoms with Crippen molar-refractivity contribution in [2.24, 2.45) is 0 Å². The van der Waals surface area contributed by atoms with Crippen molar-refractivity contribution in [3.63, 3.8) is 0 Å². The number of hydrogen-bond acceptors (Lipinski definition) is 2. The van der Waals surface area contributed by atoms with E-state index in [2.05, 4.69) is 134 Å². The van der Waals surface area contributed by atoms with Crippen LogP contribution < -0.4 is 9.30 Å². The predicted octanol–water partition coefficient (Wildman–Crippen LogP) is 16.9. The predicted molar refractivity (Wildman–Crippen MR) is 295 cm³/mol. The van der Waals surface area contributed by atoms with E-state index in [-0.39, 0.29) is 45.0 Å². The van der Waals surface area contributed by atoms with Crippen LogP contribution in [-0.4, -0.2) is 14.1 Å². The van der Waals surface area contributed by atoms with E-state index in [9.17, 15) is 0 Å². The van der Waals surface area contributed by atoms with Crippen molar-refractivity contribution in [1.29, 1.82) is 0 Å². The third kappa shape index (κ3) is 8.60. The molecule has 0 radical (unpaired) electrons. The molecule has 0 fully saturated rings. The van der Waals surface area contributed by atoms with Crippen molar-refractivity contribution in [1.82, 2.24) is 14.1 Å². The minimum atomic E-state index is -0.538. The highest BCUT2D eigenvalue weighted by atomic mass is 16.5. The summed E-state index contributed by atoms with van der Waals surface area (Å²) in [4.78, 5) is 4.98. The molecule has 5 heteroatoms. The largest absolute Gasteiger partial charge is 0.458 e. The summed E-state index contributed by atoms with van der Waals surface area (Å²) < 4.78 is 91.0. The van der Waals surface area contributed by atoms with E-state index in [1.165, 1.54) is 22.8 Å². The molecule has 11 rings (SSSR count). The second kappa shape index (κ2) is 17.4. The number of pyridine rings is 1. The van der Waals surface area contributed by atoms with Crippen molar-refractivity contribution < 1.29 is 21.6 Å².